The molecule has 0 aromatic heterocycles. The Morgan fingerprint density at radius 2 is 2.20 bits per heavy atom. The Labute approximate surface area is 118 Å². The van der Waals surface area contributed by atoms with Gasteiger partial charge in [-0.05, 0) is 18.2 Å². The first kappa shape index (κ1) is 14.6. The molecular formula is C14H20N2O4. The van der Waals surface area contributed by atoms with Gasteiger partial charge in [-0.15, -0.1) is 0 Å². The zero-order valence-corrected chi connectivity index (χ0v) is 11.8. The third-order valence-corrected chi connectivity index (χ3v) is 3.34. The second kappa shape index (κ2) is 6.58. The first-order chi connectivity index (χ1) is 9.63. The minimum atomic E-state index is -0.731. The van der Waals surface area contributed by atoms with Crippen LogP contribution in [0.2, 0.25) is 0 Å². The highest BCUT2D eigenvalue weighted by atomic mass is 16.5. The van der Waals surface area contributed by atoms with Gasteiger partial charge in [-0.3, -0.25) is 9.69 Å². The normalized spacial score (nSPS) is 17.4. The molecule has 0 saturated carbocycles. The molecule has 6 nitrogen and oxygen atoms in total. The van der Waals surface area contributed by atoms with Gasteiger partial charge in [0.2, 0.25) is 5.91 Å². The lowest BCUT2D eigenvalue weighted by Crippen LogP contribution is -2.48. The number of methoxy groups -OCH3 is 2. The lowest BCUT2D eigenvalue weighted by molar-refractivity contribution is -0.124. The molecule has 0 bridgehead atoms. The fourth-order valence-corrected chi connectivity index (χ4v) is 2.29. The number of aliphatic hydroxyl groups is 1. The van der Waals surface area contributed by atoms with Gasteiger partial charge in [0.25, 0.3) is 0 Å². The highest BCUT2D eigenvalue weighted by Gasteiger charge is 2.22. The van der Waals surface area contributed by atoms with Crippen molar-refractivity contribution in [3.63, 3.8) is 0 Å². The summed E-state index contributed by atoms with van der Waals surface area (Å²) in [5.74, 6) is 1.26. The Bertz CT molecular complexity index is 478. The Morgan fingerprint density at radius 1 is 1.40 bits per heavy atom. The van der Waals surface area contributed by atoms with E-state index in [1.54, 1.807) is 32.4 Å². The molecule has 20 heavy (non-hydrogen) atoms. The number of carbonyl (C=O) groups is 1. The maximum atomic E-state index is 11.3. The molecule has 1 aliphatic heterocycles. The Balaban J connectivity index is 2.11. The van der Waals surface area contributed by atoms with Gasteiger partial charge in [-0.1, -0.05) is 0 Å². The molecule has 110 valence electrons. The number of ether oxygens (including phenoxy) is 2. The van der Waals surface area contributed by atoms with E-state index in [0.29, 0.717) is 36.7 Å². The van der Waals surface area contributed by atoms with Gasteiger partial charge < -0.3 is 19.9 Å². The SMILES string of the molecule is COc1ccc(OC)c([C@@H](O)CN2CCNC(=O)C2)c1. The standard InChI is InChI=1S/C14H20N2O4/c1-19-10-3-4-13(20-2)11(7-10)12(17)8-16-6-5-15-14(18)9-16/h3-4,7,12,17H,5-6,8-9H2,1-2H3,(H,15,18)/t12-/m0/s1. The monoisotopic (exact) mass is 280 g/mol. The topological polar surface area (TPSA) is 71.0 Å². The van der Waals surface area contributed by atoms with Crippen LogP contribution in [0.3, 0.4) is 0 Å². The summed E-state index contributed by atoms with van der Waals surface area (Å²) in [5.41, 5.74) is 0.665. The summed E-state index contributed by atoms with van der Waals surface area (Å²) in [6, 6.07) is 5.30. The number of nitrogens with zero attached hydrogens (tertiary/aromatic N) is 1. The lowest BCUT2D eigenvalue weighted by Gasteiger charge is -2.28. The van der Waals surface area contributed by atoms with Crippen LogP contribution >= 0.6 is 0 Å². The van der Waals surface area contributed by atoms with Gasteiger partial charge in [0.1, 0.15) is 11.5 Å². The molecule has 0 radical (unpaired) electrons. The molecule has 2 N–H and O–H groups in total. The van der Waals surface area contributed by atoms with Crippen LogP contribution in [0.4, 0.5) is 0 Å². The van der Waals surface area contributed by atoms with Crippen molar-refractivity contribution in [1.82, 2.24) is 10.2 Å². The van der Waals surface area contributed by atoms with Gasteiger partial charge in [0, 0.05) is 25.2 Å². The summed E-state index contributed by atoms with van der Waals surface area (Å²) >= 11 is 0. The molecule has 1 aliphatic rings. The number of β-amino-alcohol motifs (C(OH)–C–C–N with tert-alkyl or cyclic N) is 1. The second-order valence-electron chi connectivity index (χ2n) is 4.71. The van der Waals surface area contributed by atoms with Crippen molar-refractivity contribution < 1.29 is 19.4 Å². The van der Waals surface area contributed by atoms with Gasteiger partial charge in [0.05, 0.1) is 26.9 Å². The molecule has 1 aromatic rings. The predicted molar refractivity (Wildman–Crippen MR) is 74.0 cm³/mol. The molecule has 1 amide bonds. The zero-order chi connectivity index (χ0) is 14.5. The number of carbonyl (C=O) groups excluding carboxylic acids is 1. The van der Waals surface area contributed by atoms with Crippen molar-refractivity contribution in [3.8, 4) is 11.5 Å². The number of hydrogen-bond donors (Lipinski definition) is 2. The maximum absolute atomic E-state index is 11.3. The Kier molecular flexibility index (Phi) is 4.81. The average Bonchev–Trinajstić information content (AvgIpc) is 2.46. The maximum Gasteiger partial charge on any atom is 0.234 e. The summed E-state index contributed by atoms with van der Waals surface area (Å²) in [4.78, 5) is 13.3. The molecule has 0 aliphatic carbocycles. The third-order valence-electron chi connectivity index (χ3n) is 3.34. The second-order valence-corrected chi connectivity index (χ2v) is 4.71. The van der Waals surface area contributed by atoms with Crippen molar-refractivity contribution in [2.75, 3.05) is 40.4 Å². The summed E-state index contributed by atoms with van der Waals surface area (Å²) in [6.07, 6.45) is -0.731. The summed E-state index contributed by atoms with van der Waals surface area (Å²) < 4.78 is 10.4. The number of benzene rings is 1. The van der Waals surface area contributed by atoms with Crippen LogP contribution in [-0.2, 0) is 4.79 Å². The van der Waals surface area contributed by atoms with Crippen LogP contribution in [0.15, 0.2) is 18.2 Å². The van der Waals surface area contributed by atoms with Crippen LogP contribution in [0.5, 0.6) is 11.5 Å². The minimum Gasteiger partial charge on any atom is -0.497 e. The minimum absolute atomic E-state index is 0.0129. The largest absolute Gasteiger partial charge is 0.497 e. The zero-order valence-electron chi connectivity index (χ0n) is 11.8. The van der Waals surface area contributed by atoms with Gasteiger partial charge in [-0.2, -0.15) is 0 Å². The molecule has 1 heterocycles. The molecule has 1 fully saturated rings. The van der Waals surface area contributed by atoms with E-state index in [2.05, 4.69) is 5.32 Å². The fourth-order valence-electron chi connectivity index (χ4n) is 2.29. The molecular weight excluding hydrogens is 260 g/mol. The van der Waals surface area contributed by atoms with Gasteiger partial charge >= 0.3 is 0 Å². The van der Waals surface area contributed by atoms with Crippen molar-refractivity contribution >= 4 is 5.91 Å². The summed E-state index contributed by atoms with van der Waals surface area (Å²) in [5, 5.41) is 13.1. The summed E-state index contributed by atoms with van der Waals surface area (Å²) in [6.45, 7) is 2.04. The highest BCUT2D eigenvalue weighted by molar-refractivity contribution is 5.78. The van der Waals surface area contributed by atoms with E-state index in [9.17, 15) is 9.90 Å². The first-order valence-corrected chi connectivity index (χ1v) is 6.53. The van der Waals surface area contributed by atoms with E-state index in [4.69, 9.17) is 9.47 Å². The van der Waals surface area contributed by atoms with E-state index in [1.807, 2.05) is 4.90 Å². The first-order valence-electron chi connectivity index (χ1n) is 6.53. The fraction of sp³-hybridized carbons (Fsp3) is 0.500. The third kappa shape index (κ3) is 3.40. The molecule has 0 unspecified atom stereocenters. The summed E-state index contributed by atoms with van der Waals surface area (Å²) in [7, 11) is 3.14. The number of piperazine rings is 1. The smallest absolute Gasteiger partial charge is 0.234 e. The number of hydrogen-bond acceptors (Lipinski definition) is 5. The predicted octanol–water partition coefficient (Wildman–Crippen LogP) is 0.169. The van der Waals surface area contributed by atoms with Crippen LogP contribution in [0.25, 0.3) is 0 Å². The number of amides is 1. The number of rotatable bonds is 5. The molecule has 2 rings (SSSR count). The number of aliphatic hydroxyl groups excluding tert-OH is 1. The highest BCUT2D eigenvalue weighted by Crippen LogP contribution is 2.29. The quantitative estimate of drug-likeness (QED) is 0.804. The van der Waals surface area contributed by atoms with E-state index in [1.165, 1.54) is 0 Å². The van der Waals surface area contributed by atoms with E-state index < -0.39 is 6.10 Å². The van der Waals surface area contributed by atoms with Crippen molar-refractivity contribution in [3.05, 3.63) is 23.8 Å². The number of nitrogens with one attached hydrogen (secondary N) is 1. The van der Waals surface area contributed by atoms with Gasteiger partial charge in [-0.25, -0.2) is 0 Å². The molecule has 6 heteroatoms. The molecule has 1 saturated heterocycles. The Morgan fingerprint density at radius 3 is 2.85 bits per heavy atom. The Hall–Kier alpha value is -1.79. The van der Waals surface area contributed by atoms with Crippen LogP contribution in [0.1, 0.15) is 11.7 Å². The molecule has 0 spiro atoms. The van der Waals surface area contributed by atoms with Crippen molar-refractivity contribution in [1.29, 1.82) is 0 Å². The van der Waals surface area contributed by atoms with Gasteiger partial charge in [0.15, 0.2) is 0 Å². The van der Waals surface area contributed by atoms with E-state index in [0.717, 1.165) is 6.54 Å². The van der Waals surface area contributed by atoms with Crippen molar-refractivity contribution in [2.45, 2.75) is 6.10 Å². The van der Waals surface area contributed by atoms with Crippen LogP contribution in [-0.4, -0.2) is 56.3 Å². The molecule has 1 atom stereocenters. The van der Waals surface area contributed by atoms with Crippen LogP contribution < -0.4 is 14.8 Å². The molecule has 1 aromatic carbocycles. The lowest BCUT2D eigenvalue weighted by atomic mass is 10.1. The van der Waals surface area contributed by atoms with E-state index >= 15 is 0 Å². The average molecular weight is 280 g/mol. The van der Waals surface area contributed by atoms with Crippen LogP contribution in [0, 0.1) is 0 Å². The van der Waals surface area contributed by atoms with E-state index in [-0.39, 0.29) is 5.91 Å². The van der Waals surface area contributed by atoms with Crippen molar-refractivity contribution in [2.24, 2.45) is 0 Å².